The lowest BCUT2D eigenvalue weighted by Crippen LogP contribution is -2.26. The van der Waals surface area contributed by atoms with Crippen LogP contribution in [0.25, 0.3) is 0 Å². The van der Waals surface area contributed by atoms with Crippen molar-refractivity contribution in [1.29, 1.82) is 0 Å². The van der Waals surface area contributed by atoms with Crippen LogP contribution in [0.2, 0.25) is 0 Å². The second kappa shape index (κ2) is 4.95. The van der Waals surface area contributed by atoms with E-state index in [0.717, 1.165) is 4.47 Å². The molecule has 1 aromatic rings. The molecule has 0 aliphatic carbocycles. The first-order valence-corrected chi connectivity index (χ1v) is 5.76. The van der Waals surface area contributed by atoms with Gasteiger partial charge in [-0.05, 0) is 31.5 Å². The smallest absolute Gasteiger partial charge is 0.304 e. The third-order valence-electron chi connectivity index (χ3n) is 2.46. The van der Waals surface area contributed by atoms with Crippen LogP contribution < -0.4 is 0 Å². The minimum absolute atomic E-state index is 0.208. The van der Waals surface area contributed by atoms with E-state index in [2.05, 4.69) is 15.9 Å². The van der Waals surface area contributed by atoms with Gasteiger partial charge < -0.3 is 5.11 Å². The zero-order valence-corrected chi connectivity index (χ0v) is 10.8. The second-order valence-corrected chi connectivity index (χ2v) is 5.19. The first-order valence-electron chi connectivity index (χ1n) is 4.97. The molecule has 0 aromatic heterocycles. The van der Waals surface area contributed by atoms with Crippen molar-refractivity contribution >= 4 is 21.9 Å². The Morgan fingerprint density at radius 3 is 2.62 bits per heavy atom. The van der Waals surface area contributed by atoms with Crippen molar-refractivity contribution in [1.82, 2.24) is 0 Å². The molecular formula is C12H14BrFO2. The highest BCUT2D eigenvalue weighted by molar-refractivity contribution is 9.10. The summed E-state index contributed by atoms with van der Waals surface area (Å²) in [7, 11) is 0. The maximum Gasteiger partial charge on any atom is 0.304 e. The number of hydrogen-bond donors (Lipinski definition) is 1. The number of aliphatic carboxylic acids is 1. The van der Waals surface area contributed by atoms with Crippen molar-refractivity contribution in [3.8, 4) is 0 Å². The van der Waals surface area contributed by atoms with Crippen molar-refractivity contribution in [3.05, 3.63) is 34.3 Å². The third-order valence-corrected chi connectivity index (χ3v) is 2.95. The quantitative estimate of drug-likeness (QED) is 0.916. The van der Waals surface area contributed by atoms with E-state index >= 15 is 0 Å². The van der Waals surface area contributed by atoms with Gasteiger partial charge in [-0.3, -0.25) is 4.79 Å². The second-order valence-electron chi connectivity index (χ2n) is 4.27. The van der Waals surface area contributed by atoms with Gasteiger partial charge in [0.15, 0.2) is 0 Å². The molecule has 0 heterocycles. The van der Waals surface area contributed by atoms with Gasteiger partial charge in [-0.1, -0.05) is 28.1 Å². The molecule has 1 rings (SSSR count). The van der Waals surface area contributed by atoms with E-state index in [4.69, 9.17) is 5.11 Å². The molecule has 0 spiro atoms. The van der Waals surface area contributed by atoms with Gasteiger partial charge in [0.2, 0.25) is 0 Å². The number of rotatable bonds is 4. The summed E-state index contributed by atoms with van der Waals surface area (Å²) >= 11 is 3.29. The highest BCUT2D eigenvalue weighted by atomic mass is 79.9. The van der Waals surface area contributed by atoms with E-state index in [1.807, 2.05) is 6.07 Å². The molecule has 0 saturated heterocycles. The minimum Gasteiger partial charge on any atom is -0.481 e. The summed E-state index contributed by atoms with van der Waals surface area (Å²) in [6.45, 7) is 2.81. The molecule has 0 bridgehead atoms. The molecule has 2 nitrogen and oxygen atoms in total. The van der Waals surface area contributed by atoms with Gasteiger partial charge in [-0.2, -0.15) is 0 Å². The molecule has 0 radical (unpaired) electrons. The van der Waals surface area contributed by atoms with E-state index in [-0.39, 0.29) is 6.42 Å². The third kappa shape index (κ3) is 3.59. The van der Waals surface area contributed by atoms with Crippen LogP contribution in [0.15, 0.2) is 28.7 Å². The zero-order chi connectivity index (χ0) is 12.3. The Morgan fingerprint density at radius 1 is 1.56 bits per heavy atom. The SMILES string of the molecule is CC(C)(F)C(CC(=O)O)c1cccc(Br)c1. The molecule has 0 aliphatic heterocycles. The molecule has 1 aromatic carbocycles. The van der Waals surface area contributed by atoms with Crippen molar-refractivity contribution in [2.24, 2.45) is 0 Å². The van der Waals surface area contributed by atoms with Crippen molar-refractivity contribution in [3.63, 3.8) is 0 Å². The fourth-order valence-electron chi connectivity index (χ4n) is 1.65. The van der Waals surface area contributed by atoms with Crippen LogP contribution in [0.3, 0.4) is 0 Å². The molecule has 4 heteroatoms. The molecule has 1 unspecified atom stereocenters. The van der Waals surface area contributed by atoms with Crippen LogP contribution in [0.1, 0.15) is 31.7 Å². The Labute approximate surface area is 103 Å². The monoisotopic (exact) mass is 288 g/mol. The minimum atomic E-state index is -1.56. The number of benzene rings is 1. The normalized spacial score (nSPS) is 13.5. The lowest BCUT2D eigenvalue weighted by atomic mass is 9.83. The molecule has 1 atom stereocenters. The van der Waals surface area contributed by atoms with E-state index < -0.39 is 17.6 Å². The van der Waals surface area contributed by atoms with Crippen molar-refractivity contribution < 1.29 is 14.3 Å². The van der Waals surface area contributed by atoms with Gasteiger partial charge >= 0.3 is 5.97 Å². The fourth-order valence-corrected chi connectivity index (χ4v) is 2.07. The Bertz CT molecular complexity index is 385. The number of carboxylic acids is 1. The van der Waals surface area contributed by atoms with E-state index in [9.17, 15) is 9.18 Å². The molecular weight excluding hydrogens is 275 g/mol. The summed E-state index contributed by atoms with van der Waals surface area (Å²) in [5.74, 6) is -1.63. The van der Waals surface area contributed by atoms with Crippen LogP contribution in [0, 0.1) is 0 Å². The number of carboxylic acid groups (broad SMARTS) is 1. The number of alkyl halides is 1. The summed E-state index contributed by atoms with van der Waals surface area (Å²) in [4.78, 5) is 10.7. The van der Waals surface area contributed by atoms with Crippen LogP contribution in [-0.2, 0) is 4.79 Å². The zero-order valence-electron chi connectivity index (χ0n) is 9.21. The van der Waals surface area contributed by atoms with E-state index in [0.29, 0.717) is 5.56 Å². The van der Waals surface area contributed by atoms with E-state index in [1.54, 1.807) is 18.2 Å². The topological polar surface area (TPSA) is 37.3 Å². The van der Waals surface area contributed by atoms with Crippen molar-refractivity contribution in [2.75, 3.05) is 0 Å². The Kier molecular flexibility index (Phi) is 4.08. The average molecular weight is 289 g/mol. The van der Waals surface area contributed by atoms with Gasteiger partial charge in [-0.15, -0.1) is 0 Å². The number of halogens is 2. The first-order chi connectivity index (χ1) is 7.30. The predicted molar refractivity (Wildman–Crippen MR) is 64.3 cm³/mol. The first kappa shape index (κ1) is 13.2. The van der Waals surface area contributed by atoms with Gasteiger partial charge in [0.25, 0.3) is 0 Å². The van der Waals surface area contributed by atoms with Gasteiger partial charge in [0.05, 0.1) is 6.42 Å². The fraction of sp³-hybridized carbons (Fsp3) is 0.417. The standard InChI is InChI=1S/C12H14BrFO2/c1-12(2,14)10(7-11(15)16)8-4-3-5-9(13)6-8/h3-6,10H,7H2,1-2H3,(H,15,16). The van der Waals surface area contributed by atoms with Gasteiger partial charge in [0, 0.05) is 10.4 Å². The lowest BCUT2D eigenvalue weighted by Gasteiger charge is -2.26. The molecule has 88 valence electrons. The van der Waals surface area contributed by atoms with Gasteiger partial charge in [0.1, 0.15) is 5.67 Å². The summed E-state index contributed by atoms with van der Waals surface area (Å²) in [6.07, 6.45) is -0.208. The largest absolute Gasteiger partial charge is 0.481 e. The summed E-state index contributed by atoms with van der Waals surface area (Å²) in [5, 5.41) is 8.80. The summed E-state index contributed by atoms with van der Waals surface area (Å²) in [6, 6.07) is 7.11. The lowest BCUT2D eigenvalue weighted by molar-refractivity contribution is -0.138. The molecule has 1 N–H and O–H groups in total. The molecule has 0 fully saturated rings. The van der Waals surface area contributed by atoms with Crippen LogP contribution in [0.5, 0.6) is 0 Å². The van der Waals surface area contributed by atoms with Crippen molar-refractivity contribution in [2.45, 2.75) is 31.9 Å². The maximum atomic E-state index is 14.0. The average Bonchev–Trinajstić information content (AvgIpc) is 2.12. The summed E-state index contributed by atoms with van der Waals surface area (Å²) < 4.78 is 14.8. The van der Waals surface area contributed by atoms with Crippen LogP contribution in [0.4, 0.5) is 4.39 Å². The maximum absolute atomic E-state index is 14.0. The Morgan fingerprint density at radius 2 is 2.19 bits per heavy atom. The Hall–Kier alpha value is -0.900. The number of carbonyl (C=O) groups is 1. The highest BCUT2D eigenvalue weighted by Crippen LogP contribution is 2.35. The predicted octanol–water partition coefficient (Wildman–Crippen LogP) is 3.76. The van der Waals surface area contributed by atoms with Crippen LogP contribution in [-0.4, -0.2) is 16.7 Å². The van der Waals surface area contributed by atoms with Gasteiger partial charge in [-0.25, -0.2) is 4.39 Å². The Balaban J connectivity index is 3.06. The number of hydrogen-bond acceptors (Lipinski definition) is 1. The molecule has 0 amide bonds. The summed E-state index contributed by atoms with van der Waals surface area (Å²) in [5.41, 5.74) is -0.858. The molecule has 0 saturated carbocycles. The van der Waals surface area contributed by atoms with Crippen LogP contribution >= 0.6 is 15.9 Å². The van der Waals surface area contributed by atoms with E-state index in [1.165, 1.54) is 13.8 Å². The molecule has 0 aliphatic rings. The molecule has 16 heavy (non-hydrogen) atoms. The highest BCUT2D eigenvalue weighted by Gasteiger charge is 2.32.